The summed E-state index contributed by atoms with van der Waals surface area (Å²) in [5.74, 6) is -0.705. The second kappa shape index (κ2) is 3.87. The lowest BCUT2D eigenvalue weighted by molar-refractivity contribution is -0.139. The summed E-state index contributed by atoms with van der Waals surface area (Å²) < 4.78 is 0. The molecule has 0 amide bonds. The van der Waals surface area contributed by atoms with Crippen LogP contribution in [0.3, 0.4) is 0 Å². The van der Waals surface area contributed by atoms with Gasteiger partial charge in [-0.25, -0.2) is 0 Å². The van der Waals surface area contributed by atoms with E-state index in [-0.39, 0.29) is 6.54 Å². The molecule has 0 aromatic rings. The Bertz CT molecular complexity index is 232. The number of fused-ring (bicyclic) bond motifs is 1. The summed E-state index contributed by atoms with van der Waals surface area (Å²) in [6.45, 7) is 5.50. The Kier molecular flexibility index (Phi) is 2.74. The second-order valence-corrected chi connectivity index (χ2v) is 4.46. The molecule has 2 saturated heterocycles. The summed E-state index contributed by atoms with van der Waals surface area (Å²) in [7, 11) is 0. The molecule has 0 saturated carbocycles. The van der Waals surface area contributed by atoms with E-state index in [2.05, 4.69) is 16.7 Å². The third-order valence-electron chi connectivity index (χ3n) is 3.40. The number of piperazine rings is 1. The van der Waals surface area contributed by atoms with Crippen LogP contribution in [0.2, 0.25) is 0 Å². The summed E-state index contributed by atoms with van der Waals surface area (Å²) in [4.78, 5) is 15.2. The number of hydrogen-bond donors (Lipinski definition) is 1. The first-order valence-electron chi connectivity index (χ1n) is 5.36. The van der Waals surface area contributed by atoms with Gasteiger partial charge < -0.3 is 5.11 Å². The van der Waals surface area contributed by atoms with Gasteiger partial charge in [0, 0.05) is 25.2 Å². The maximum absolute atomic E-state index is 10.6. The maximum Gasteiger partial charge on any atom is 0.317 e. The molecule has 0 spiro atoms. The monoisotopic (exact) mass is 198 g/mol. The number of carboxylic acids is 1. The minimum atomic E-state index is -0.705. The van der Waals surface area contributed by atoms with E-state index >= 15 is 0 Å². The highest BCUT2D eigenvalue weighted by Crippen LogP contribution is 2.24. The van der Waals surface area contributed by atoms with E-state index in [0.29, 0.717) is 12.1 Å². The van der Waals surface area contributed by atoms with Crippen LogP contribution >= 0.6 is 0 Å². The largest absolute Gasteiger partial charge is 0.480 e. The molecule has 2 heterocycles. The van der Waals surface area contributed by atoms with Crippen molar-refractivity contribution in [1.82, 2.24) is 9.80 Å². The molecule has 2 aliphatic heterocycles. The number of aliphatic carboxylic acids is 1. The van der Waals surface area contributed by atoms with Gasteiger partial charge in [0.2, 0.25) is 0 Å². The van der Waals surface area contributed by atoms with Crippen molar-refractivity contribution >= 4 is 5.97 Å². The number of rotatable bonds is 2. The molecule has 2 unspecified atom stereocenters. The average Bonchev–Trinajstić information content (AvgIpc) is 2.51. The van der Waals surface area contributed by atoms with Crippen molar-refractivity contribution in [3.05, 3.63) is 0 Å². The summed E-state index contributed by atoms with van der Waals surface area (Å²) in [6, 6.07) is 1.01. The van der Waals surface area contributed by atoms with Gasteiger partial charge in [0.1, 0.15) is 0 Å². The average molecular weight is 198 g/mol. The van der Waals surface area contributed by atoms with Crippen LogP contribution < -0.4 is 0 Å². The van der Waals surface area contributed by atoms with Gasteiger partial charge in [-0.1, -0.05) is 0 Å². The Labute approximate surface area is 84.5 Å². The SMILES string of the molecule is CC1CN2CCCC2CN1CC(=O)O. The fraction of sp³-hybridized carbons (Fsp3) is 0.900. The van der Waals surface area contributed by atoms with Crippen molar-refractivity contribution in [2.24, 2.45) is 0 Å². The molecule has 4 heteroatoms. The van der Waals surface area contributed by atoms with Gasteiger partial charge >= 0.3 is 5.97 Å². The zero-order valence-electron chi connectivity index (χ0n) is 8.65. The van der Waals surface area contributed by atoms with Crippen LogP contribution in [0.25, 0.3) is 0 Å². The van der Waals surface area contributed by atoms with Crippen LogP contribution in [0.1, 0.15) is 19.8 Å². The number of carboxylic acid groups (broad SMARTS) is 1. The van der Waals surface area contributed by atoms with Gasteiger partial charge in [0.05, 0.1) is 6.54 Å². The second-order valence-electron chi connectivity index (χ2n) is 4.46. The highest BCUT2D eigenvalue weighted by Gasteiger charge is 2.34. The lowest BCUT2D eigenvalue weighted by atomic mass is 10.1. The molecule has 0 bridgehead atoms. The van der Waals surface area contributed by atoms with Gasteiger partial charge in [-0.3, -0.25) is 14.6 Å². The summed E-state index contributed by atoms with van der Waals surface area (Å²) in [6.07, 6.45) is 2.52. The lowest BCUT2D eigenvalue weighted by Gasteiger charge is -2.41. The van der Waals surface area contributed by atoms with Crippen LogP contribution in [-0.4, -0.2) is 59.1 Å². The number of hydrogen-bond acceptors (Lipinski definition) is 3. The Morgan fingerprint density at radius 2 is 2.29 bits per heavy atom. The van der Waals surface area contributed by atoms with Crippen molar-refractivity contribution < 1.29 is 9.90 Å². The van der Waals surface area contributed by atoms with Crippen LogP contribution in [0.15, 0.2) is 0 Å². The van der Waals surface area contributed by atoms with Crippen LogP contribution in [0.5, 0.6) is 0 Å². The van der Waals surface area contributed by atoms with E-state index in [0.717, 1.165) is 13.1 Å². The third kappa shape index (κ3) is 1.91. The van der Waals surface area contributed by atoms with Crippen molar-refractivity contribution in [2.75, 3.05) is 26.2 Å². The Hall–Kier alpha value is -0.610. The minimum Gasteiger partial charge on any atom is -0.480 e. The van der Waals surface area contributed by atoms with Crippen LogP contribution in [-0.2, 0) is 4.79 Å². The molecule has 4 nitrogen and oxygen atoms in total. The molecular weight excluding hydrogens is 180 g/mol. The molecule has 0 aromatic carbocycles. The highest BCUT2D eigenvalue weighted by atomic mass is 16.4. The van der Waals surface area contributed by atoms with Crippen molar-refractivity contribution in [1.29, 1.82) is 0 Å². The Balaban J connectivity index is 1.95. The van der Waals surface area contributed by atoms with E-state index in [9.17, 15) is 4.79 Å². The molecule has 0 aromatic heterocycles. The van der Waals surface area contributed by atoms with Crippen molar-refractivity contribution in [3.8, 4) is 0 Å². The van der Waals surface area contributed by atoms with E-state index in [1.165, 1.54) is 19.4 Å². The fourth-order valence-electron chi connectivity index (χ4n) is 2.64. The summed E-state index contributed by atoms with van der Waals surface area (Å²) in [5.41, 5.74) is 0. The molecule has 80 valence electrons. The first-order chi connectivity index (χ1) is 6.66. The first-order valence-corrected chi connectivity index (χ1v) is 5.36. The quantitative estimate of drug-likeness (QED) is 0.690. The van der Waals surface area contributed by atoms with E-state index in [4.69, 9.17) is 5.11 Å². The van der Waals surface area contributed by atoms with Gasteiger partial charge in [0.25, 0.3) is 0 Å². The van der Waals surface area contributed by atoms with E-state index in [1.54, 1.807) is 0 Å². The predicted octanol–water partition coefficient (Wildman–Crippen LogP) is 0.239. The molecule has 1 N–H and O–H groups in total. The summed E-state index contributed by atoms with van der Waals surface area (Å²) in [5, 5.41) is 8.77. The van der Waals surface area contributed by atoms with Gasteiger partial charge in [0.15, 0.2) is 0 Å². The Morgan fingerprint density at radius 1 is 1.50 bits per heavy atom. The van der Waals surface area contributed by atoms with Crippen LogP contribution in [0, 0.1) is 0 Å². The first kappa shape index (κ1) is 9.93. The van der Waals surface area contributed by atoms with Crippen molar-refractivity contribution in [2.45, 2.75) is 31.8 Å². The zero-order valence-corrected chi connectivity index (χ0v) is 8.65. The molecule has 2 atom stereocenters. The zero-order chi connectivity index (χ0) is 10.1. The standard InChI is InChI=1S/C10H18N2O2/c1-8-5-11-4-2-3-9(11)6-12(8)7-10(13)14/h8-9H,2-7H2,1H3,(H,13,14). The molecule has 0 radical (unpaired) electrons. The molecule has 0 aliphatic carbocycles. The molecule has 2 fully saturated rings. The normalized spacial score (nSPS) is 34.4. The van der Waals surface area contributed by atoms with E-state index in [1.807, 2.05) is 0 Å². The third-order valence-corrected chi connectivity index (χ3v) is 3.40. The number of nitrogens with zero attached hydrogens (tertiary/aromatic N) is 2. The topological polar surface area (TPSA) is 43.8 Å². The molecular formula is C10H18N2O2. The van der Waals surface area contributed by atoms with Gasteiger partial charge in [-0.05, 0) is 26.3 Å². The van der Waals surface area contributed by atoms with E-state index < -0.39 is 5.97 Å². The molecule has 2 aliphatic rings. The molecule has 14 heavy (non-hydrogen) atoms. The van der Waals surface area contributed by atoms with Crippen LogP contribution in [0.4, 0.5) is 0 Å². The summed E-state index contributed by atoms with van der Waals surface area (Å²) >= 11 is 0. The molecule has 2 rings (SSSR count). The minimum absolute atomic E-state index is 0.200. The van der Waals surface area contributed by atoms with Gasteiger partial charge in [-0.15, -0.1) is 0 Å². The highest BCUT2D eigenvalue weighted by molar-refractivity contribution is 5.69. The fourth-order valence-corrected chi connectivity index (χ4v) is 2.64. The lowest BCUT2D eigenvalue weighted by Crippen LogP contribution is -2.55. The Morgan fingerprint density at radius 3 is 3.00 bits per heavy atom. The smallest absolute Gasteiger partial charge is 0.317 e. The maximum atomic E-state index is 10.6. The van der Waals surface area contributed by atoms with Gasteiger partial charge in [-0.2, -0.15) is 0 Å². The predicted molar refractivity (Wildman–Crippen MR) is 53.3 cm³/mol. The number of carbonyl (C=O) groups is 1. The van der Waals surface area contributed by atoms with Crippen molar-refractivity contribution in [3.63, 3.8) is 0 Å².